The second-order valence-corrected chi connectivity index (χ2v) is 4.70. The number of allylic oxidation sites excluding steroid dienone is 3. The molecule has 8 heteroatoms. The van der Waals surface area contributed by atoms with Crippen molar-refractivity contribution in [3.63, 3.8) is 0 Å². The summed E-state index contributed by atoms with van der Waals surface area (Å²) in [4.78, 5) is 21.1. The molecule has 0 aromatic heterocycles. The summed E-state index contributed by atoms with van der Waals surface area (Å²) in [6.07, 6.45) is 1.99. The lowest BCUT2D eigenvalue weighted by Gasteiger charge is -2.23. The first kappa shape index (κ1) is 12.4. The van der Waals surface area contributed by atoms with Gasteiger partial charge in [-0.1, -0.05) is 12.2 Å². The first-order valence-electron chi connectivity index (χ1n) is 4.03. The Morgan fingerprint density at radius 2 is 1.75 bits per heavy atom. The molecule has 88 valence electrons. The second-order valence-electron chi connectivity index (χ2n) is 3.23. The first-order chi connectivity index (χ1) is 7.20. The van der Waals surface area contributed by atoms with Crippen LogP contribution in [-0.4, -0.2) is 35.1 Å². The van der Waals surface area contributed by atoms with Crippen LogP contribution in [-0.2, 0) is 19.7 Å². The van der Waals surface area contributed by atoms with Crippen LogP contribution in [0.15, 0.2) is 23.1 Å². The van der Waals surface area contributed by atoms with Gasteiger partial charge in [-0.15, -0.1) is 0 Å². The van der Waals surface area contributed by atoms with Crippen LogP contribution in [0.4, 0.5) is 0 Å². The van der Waals surface area contributed by atoms with Gasteiger partial charge in [-0.05, 0) is 6.08 Å². The third kappa shape index (κ3) is 1.97. The molecule has 0 radical (unpaired) electrons. The summed E-state index contributed by atoms with van der Waals surface area (Å²) in [6.45, 7) is 0. The van der Waals surface area contributed by atoms with Crippen LogP contribution in [0.25, 0.3) is 0 Å². The van der Waals surface area contributed by atoms with E-state index in [1.165, 1.54) is 0 Å². The molecule has 0 spiro atoms. The van der Waals surface area contributed by atoms with Crippen LogP contribution in [0.2, 0.25) is 0 Å². The van der Waals surface area contributed by atoms with Gasteiger partial charge in [0.2, 0.25) is 0 Å². The number of carboxylic acids is 2. The molecule has 0 amide bonds. The van der Waals surface area contributed by atoms with Crippen molar-refractivity contribution in [1.82, 2.24) is 0 Å². The van der Waals surface area contributed by atoms with Crippen molar-refractivity contribution < 1.29 is 32.8 Å². The fourth-order valence-electron chi connectivity index (χ4n) is 1.27. The number of aliphatic carboxylic acids is 2. The summed E-state index contributed by atoms with van der Waals surface area (Å²) in [6, 6.07) is 0. The summed E-state index contributed by atoms with van der Waals surface area (Å²) in [5.41, 5.74) is -2.35. The molecule has 16 heavy (non-hydrogen) atoms. The van der Waals surface area contributed by atoms with Gasteiger partial charge in [0.25, 0.3) is 10.1 Å². The number of hydrogen-bond acceptors (Lipinski definition) is 4. The zero-order valence-electron chi connectivity index (χ0n) is 7.82. The maximum Gasteiger partial charge on any atom is 0.325 e. The Morgan fingerprint density at radius 1 is 1.25 bits per heavy atom. The largest absolute Gasteiger partial charge is 0.480 e. The molecule has 0 fully saturated rings. The van der Waals surface area contributed by atoms with Gasteiger partial charge in [0.1, 0.15) is 0 Å². The van der Waals surface area contributed by atoms with E-state index < -0.39 is 38.8 Å². The van der Waals surface area contributed by atoms with Crippen molar-refractivity contribution in [3.05, 3.63) is 23.1 Å². The van der Waals surface area contributed by atoms with Crippen molar-refractivity contribution >= 4 is 22.1 Å². The molecule has 1 rings (SSSR count). The van der Waals surface area contributed by atoms with Crippen molar-refractivity contribution in [2.75, 3.05) is 0 Å². The summed E-state index contributed by atoms with van der Waals surface area (Å²) in [5.74, 6) is -3.38. The molecule has 0 bridgehead atoms. The SMILES string of the molecule is O=C(O)C1(C(=O)O)C=CC=C(S(=O)(=O)O)C1. The summed E-state index contributed by atoms with van der Waals surface area (Å²) < 4.78 is 30.3. The smallest absolute Gasteiger partial charge is 0.325 e. The Balaban J connectivity index is 3.25. The molecule has 0 unspecified atom stereocenters. The fourth-order valence-corrected chi connectivity index (χ4v) is 1.94. The fraction of sp³-hybridized carbons (Fsp3) is 0.250. The van der Waals surface area contributed by atoms with Gasteiger partial charge < -0.3 is 10.2 Å². The molecule has 0 saturated carbocycles. The van der Waals surface area contributed by atoms with Crippen LogP contribution >= 0.6 is 0 Å². The Hall–Kier alpha value is -1.67. The molecule has 0 atom stereocenters. The molecule has 0 aromatic carbocycles. The Labute approximate surface area is 90.4 Å². The molecule has 7 nitrogen and oxygen atoms in total. The van der Waals surface area contributed by atoms with E-state index in [9.17, 15) is 18.0 Å². The minimum atomic E-state index is -4.58. The van der Waals surface area contributed by atoms with Gasteiger partial charge in [-0.25, -0.2) is 0 Å². The molecule has 0 heterocycles. The number of hydrogen-bond donors (Lipinski definition) is 3. The Bertz CT molecular complexity index is 482. The van der Waals surface area contributed by atoms with Gasteiger partial charge in [-0.3, -0.25) is 14.1 Å². The van der Waals surface area contributed by atoms with Crippen LogP contribution in [0, 0.1) is 5.41 Å². The predicted octanol–water partition coefficient (Wildman–Crippen LogP) is -0.126. The van der Waals surface area contributed by atoms with Gasteiger partial charge in [0, 0.05) is 6.42 Å². The highest BCUT2D eigenvalue weighted by Gasteiger charge is 2.47. The molecule has 0 aromatic rings. The van der Waals surface area contributed by atoms with Crippen molar-refractivity contribution in [1.29, 1.82) is 0 Å². The van der Waals surface area contributed by atoms with Crippen LogP contribution in [0.5, 0.6) is 0 Å². The van der Waals surface area contributed by atoms with E-state index >= 15 is 0 Å². The van der Waals surface area contributed by atoms with Gasteiger partial charge in [-0.2, -0.15) is 8.42 Å². The maximum atomic E-state index is 10.9. The quantitative estimate of drug-likeness (QED) is 0.468. The lowest BCUT2D eigenvalue weighted by molar-refractivity contribution is -0.160. The molecule has 1 aliphatic carbocycles. The molecule has 1 aliphatic rings. The summed E-state index contributed by atoms with van der Waals surface area (Å²) in [7, 11) is -4.58. The molecule has 0 saturated heterocycles. The number of carboxylic acid groups (broad SMARTS) is 2. The second kappa shape index (κ2) is 3.72. The zero-order chi connectivity index (χ0) is 12.6. The third-order valence-corrected chi connectivity index (χ3v) is 3.15. The Morgan fingerprint density at radius 3 is 2.12 bits per heavy atom. The van der Waals surface area contributed by atoms with Crippen molar-refractivity contribution in [2.45, 2.75) is 6.42 Å². The van der Waals surface area contributed by atoms with E-state index in [1.807, 2.05) is 0 Å². The lowest BCUT2D eigenvalue weighted by Crippen LogP contribution is -2.39. The Kier molecular flexibility index (Phi) is 2.89. The zero-order valence-corrected chi connectivity index (χ0v) is 8.64. The monoisotopic (exact) mass is 248 g/mol. The number of carbonyl (C=O) groups is 2. The molecular formula is C8H8O7S. The van der Waals surface area contributed by atoms with Crippen LogP contribution in [0.3, 0.4) is 0 Å². The highest BCUT2D eigenvalue weighted by Crippen LogP contribution is 2.34. The van der Waals surface area contributed by atoms with Crippen molar-refractivity contribution in [3.8, 4) is 0 Å². The highest BCUT2D eigenvalue weighted by atomic mass is 32.2. The first-order valence-corrected chi connectivity index (χ1v) is 5.47. The van der Waals surface area contributed by atoms with E-state index in [-0.39, 0.29) is 0 Å². The van der Waals surface area contributed by atoms with E-state index in [4.69, 9.17) is 14.8 Å². The maximum absolute atomic E-state index is 10.9. The van der Waals surface area contributed by atoms with E-state index in [0.717, 1.165) is 18.2 Å². The summed E-state index contributed by atoms with van der Waals surface area (Å²) in [5, 5.41) is 17.6. The average Bonchev–Trinajstić information content (AvgIpc) is 2.16. The van der Waals surface area contributed by atoms with Crippen LogP contribution in [0.1, 0.15) is 6.42 Å². The van der Waals surface area contributed by atoms with E-state index in [0.29, 0.717) is 0 Å². The minimum absolute atomic E-state index is 0.639. The topological polar surface area (TPSA) is 129 Å². The molecule has 0 aliphatic heterocycles. The number of rotatable bonds is 3. The van der Waals surface area contributed by atoms with E-state index in [2.05, 4.69) is 0 Å². The molecular weight excluding hydrogens is 240 g/mol. The van der Waals surface area contributed by atoms with Gasteiger partial charge >= 0.3 is 11.9 Å². The predicted molar refractivity (Wildman–Crippen MR) is 51.1 cm³/mol. The van der Waals surface area contributed by atoms with Gasteiger partial charge in [0.05, 0.1) is 4.91 Å². The normalized spacial score (nSPS) is 18.9. The van der Waals surface area contributed by atoms with E-state index in [1.54, 1.807) is 0 Å². The lowest BCUT2D eigenvalue weighted by atomic mass is 9.82. The van der Waals surface area contributed by atoms with Gasteiger partial charge in [0.15, 0.2) is 5.41 Å². The summed E-state index contributed by atoms with van der Waals surface area (Å²) >= 11 is 0. The third-order valence-electron chi connectivity index (χ3n) is 2.21. The highest BCUT2D eigenvalue weighted by molar-refractivity contribution is 7.89. The molecule has 3 N–H and O–H groups in total. The average molecular weight is 248 g/mol. The standard InChI is InChI=1S/C8H8O7S/c9-6(10)8(7(11)12)3-1-2-5(4-8)16(13,14)15/h1-3H,4H2,(H,9,10)(H,11,12)(H,13,14,15). The minimum Gasteiger partial charge on any atom is -0.480 e. The van der Waals surface area contributed by atoms with Crippen molar-refractivity contribution in [2.24, 2.45) is 5.41 Å². The van der Waals surface area contributed by atoms with Crippen LogP contribution < -0.4 is 0 Å².